The molecule has 0 rings (SSSR count). The van der Waals surface area contributed by atoms with Crippen LogP contribution < -0.4 is 0 Å². The largest absolute Gasteiger partial charge is 0.481 e. The maximum atomic E-state index is 10.2. The normalized spacial score (nSPS) is 11.0. The summed E-state index contributed by atoms with van der Waals surface area (Å²) in [6, 6.07) is 0. The minimum absolute atomic E-state index is 0.135. The second-order valence-electron chi connectivity index (χ2n) is 3.70. The van der Waals surface area contributed by atoms with Gasteiger partial charge in [-0.15, -0.1) is 0 Å². The van der Waals surface area contributed by atoms with E-state index in [1.807, 2.05) is 6.08 Å². The zero-order valence-corrected chi connectivity index (χ0v) is 9.32. The maximum Gasteiger partial charge on any atom is 0.307 e. The Morgan fingerprint density at radius 3 is 2.13 bits per heavy atom. The van der Waals surface area contributed by atoms with Crippen molar-refractivity contribution < 1.29 is 15.0 Å². The Labute approximate surface area is 91.8 Å². The van der Waals surface area contributed by atoms with E-state index in [0.717, 1.165) is 25.7 Å². The number of carboxylic acids is 1. The Morgan fingerprint density at radius 2 is 1.53 bits per heavy atom. The van der Waals surface area contributed by atoms with E-state index < -0.39 is 5.97 Å². The first-order valence-corrected chi connectivity index (χ1v) is 5.75. The quantitative estimate of drug-likeness (QED) is 0.434. The molecule has 0 unspecified atom stereocenters. The average molecular weight is 214 g/mol. The van der Waals surface area contributed by atoms with Crippen LogP contribution in [0.4, 0.5) is 0 Å². The summed E-state index contributed by atoms with van der Waals surface area (Å²) >= 11 is 0. The summed E-state index contributed by atoms with van der Waals surface area (Å²) in [6.45, 7) is 0.303. The second kappa shape index (κ2) is 11.2. The van der Waals surface area contributed by atoms with Gasteiger partial charge in [0.1, 0.15) is 0 Å². The van der Waals surface area contributed by atoms with Gasteiger partial charge >= 0.3 is 5.97 Å². The fourth-order valence-corrected chi connectivity index (χ4v) is 1.38. The van der Waals surface area contributed by atoms with Gasteiger partial charge in [-0.05, 0) is 19.3 Å². The van der Waals surface area contributed by atoms with Gasteiger partial charge in [0.15, 0.2) is 0 Å². The van der Waals surface area contributed by atoms with Crippen LogP contribution in [0.15, 0.2) is 12.2 Å². The van der Waals surface area contributed by atoms with Gasteiger partial charge in [-0.2, -0.15) is 0 Å². The molecule has 0 aromatic heterocycles. The molecule has 3 heteroatoms. The molecule has 0 aromatic rings. The summed E-state index contributed by atoms with van der Waals surface area (Å²) in [6.07, 6.45) is 11.5. The lowest BCUT2D eigenvalue weighted by atomic mass is 10.1. The molecule has 2 N–H and O–H groups in total. The van der Waals surface area contributed by atoms with E-state index in [0.29, 0.717) is 6.61 Å². The molecule has 0 aliphatic heterocycles. The highest BCUT2D eigenvalue weighted by Crippen LogP contribution is 2.07. The predicted octanol–water partition coefficient (Wildman–Crippen LogP) is 2.74. The highest BCUT2D eigenvalue weighted by atomic mass is 16.4. The first-order valence-electron chi connectivity index (χ1n) is 5.75. The molecule has 0 heterocycles. The Balaban J connectivity index is 3.04. The molecule has 0 bridgehead atoms. The smallest absolute Gasteiger partial charge is 0.307 e. The molecule has 0 amide bonds. The van der Waals surface area contributed by atoms with Crippen LogP contribution >= 0.6 is 0 Å². The molecule has 15 heavy (non-hydrogen) atoms. The highest BCUT2D eigenvalue weighted by Gasteiger charge is 1.91. The Morgan fingerprint density at radius 1 is 0.933 bits per heavy atom. The maximum absolute atomic E-state index is 10.2. The topological polar surface area (TPSA) is 57.5 Å². The fourth-order valence-electron chi connectivity index (χ4n) is 1.38. The summed E-state index contributed by atoms with van der Waals surface area (Å²) in [5, 5.41) is 16.9. The number of unbranched alkanes of at least 4 members (excludes halogenated alkanes) is 6. The van der Waals surface area contributed by atoms with Crippen molar-refractivity contribution in [2.45, 2.75) is 51.4 Å². The lowest BCUT2D eigenvalue weighted by Gasteiger charge is -1.98. The van der Waals surface area contributed by atoms with E-state index in [4.69, 9.17) is 10.2 Å². The van der Waals surface area contributed by atoms with Crippen LogP contribution in [0.2, 0.25) is 0 Å². The first-order chi connectivity index (χ1) is 7.27. The number of hydrogen-bond acceptors (Lipinski definition) is 2. The van der Waals surface area contributed by atoms with E-state index in [1.165, 1.54) is 19.3 Å². The highest BCUT2D eigenvalue weighted by molar-refractivity contribution is 5.68. The van der Waals surface area contributed by atoms with E-state index in [2.05, 4.69) is 0 Å². The van der Waals surface area contributed by atoms with Crippen LogP contribution in [-0.4, -0.2) is 22.8 Å². The van der Waals surface area contributed by atoms with Gasteiger partial charge in [-0.3, -0.25) is 4.79 Å². The summed E-state index contributed by atoms with van der Waals surface area (Å²) < 4.78 is 0. The SMILES string of the molecule is O=C(O)C/C=C/CCCCCCCCO. The second-order valence-corrected chi connectivity index (χ2v) is 3.70. The number of aliphatic hydroxyl groups is 1. The van der Waals surface area contributed by atoms with Gasteiger partial charge in [-0.1, -0.05) is 37.8 Å². The Bertz CT molecular complexity index is 176. The molecular weight excluding hydrogens is 192 g/mol. The van der Waals surface area contributed by atoms with Crippen LogP contribution in [0.5, 0.6) is 0 Å². The van der Waals surface area contributed by atoms with E-state index >= 15 is 0 Å². The van der Waals surface area contributed by atoms with Crippen molar-refractivity contribution in [2.24, 2.45) is 0 Å². The van der Waals surface area contributed by atoms with Gasteiger partial charge in [0.25, 0.3) is 0 Å². The van der Waals surface area contributed by atoms with Crippen molar-refractivity contribution in [3.8, 4) is 0 Å². The first kappa shape index (κ1) is 14.2. The van der Waals surface area contributed by atoms with Crippen molar-refractivity contribution in [3.63, 3.8) is 0 Å². The van der Waals surface area contributed by atoms with Crippen LogP contribution in [0, 0.1) is 0 Å². The lowest BCUT2D eigenvalue weighted by molar-refractivity contribution is -0.136. The number of rotatable bonds is 10. The number of carboxylic acid groups (broad SMARTS) is 1. The van der Waals surface area contributed by atoms with Crippen LogP contribution in [0.3, 0.4) is 0 Å². The zero-order valence-electron chi connectivity index (χ0n) is 9.32. The molecule has 0 aliphatic rings. The molecule has 0 aliphatic carbocycles. The van der Waals surface area contributed by atoms with Crippen LogP contribution in [-0.2, 0) is 4.79 Å². The molecule has 0 atom stereocenters. The minimum Gasteiger partial charge on any atom is -0.481 e. The Kier molecular flexibility index (Phi) is 10.6. The summed E-state index contributed by atoms with van der Waals surface area (Å²) in [5.41, 5.74) is 0. The van der Waals surface area contributed by atoms with Gasteiger partial charge in [0, 0.05) is 6.61 Å². The Hall–Kier alpha value is -0.830. The van der Waals surface area contributed by atoms with Gasteiger partial charge in [-0.25, -0.2) is 0 Å². The third-order valence-electron chi connectivity index (χ3n) is 2.24. The molecular formula is C12H22O3. The number of aliphatic hydroxyl groups excluding tert-OH is 1. The van der Waals surface area contributed by atoms with Crippen LogP contribution in [0.1, 0.15) is 51.4 Å². The van der Waals surface area contributed by atoms with Crippen molar-refractivity contribution in [1.82, 2.24) is 0 Å². The van der Waals surface area contributed by atoms with Crippen molar-refractivity contribution in [2.75, 3.05) is 6.61 Å². The van der Waals surface area contributed by atoms with Crippen molar-refractivity contribution >= 4 is 5.97 Å². The molecule has 0 aromatic carbocycles. The van der Waals surface area contributed by atoms with Crippen LogP contribution in [0.25, 0.3) is 0 Å². The third-order valence-corrected chi connectivity index (χ3v) is 2.24. The molecule has 0 saturated heterocycles. The summed E-state index contributed by atoms with van der Waals surface area (Å²) in [7, 11) is 0. The van der Waals surface area contributed by atoms with Gasteiger partial charge < -0.3 is 10.2 Å². The number of carbonyl (C=O) groups is 1. The molecule has 0 saturated carbocycles. The lowest BCUT2D eigenvalue weighted by Crippen LogP contribution is -1.89. The zero-order chi connectivity index (χ0) is 11.4. The van der Waals surface area contributed by atoms with Gasteiger partial charge in [0.05, 0.1) is 6.42 Å². The standard InChI is InChI=1S/C12H22O3/c13-11-9-7-5-3-1-2-4-6-8-10-12(14)15/h6,8,13H,1-5,7,9-11H2,(H,14,15)/b8-6+. The molecule has 3 nitrogen and oxygen atoms in total. The fraction of sp³-hybridized carbons (Fsp3) is 0.750. The minimum atomic E-state index is -0.768. The average Bonchev–Trinajstić information content (AvgIpc) is 2.20. The third kappa shape index (κ3) is 13.2. The molecule has 0 spiro atoms. The number of hydrogen-bond donors (Lipinski definition) is 2. The van der Waals surface area contributed by atoms with Gasteiger partial charge in [0.2, 0.25) is 0 Å². The molecule has 0 fully saturated rings. The van der Waals surface area contributed by atoms with E-state index in [1.54, 1.807) is 6.08 Å². The summed E-state index contributed by atoms with van der Waals surface area (Å²) in [4.78, 5) is 10.2. The van der Waals surface area contributed by atoms with Crippen molar-refractivity contribution in [1.29, 1.82) is 0 Å². The predicted molar refractivity (Wildman–Crippen MR) is 60.8 cm³/mol. The monoisotopic (exact) mass is 214 g/mol. The van der Waals surface area contributed by atoms with E-state index in [9.17, 15) is 4.79 Å². The molecule has 0 radical (unpaired) electrons. The van der Waals surface area contributed by atoms with Crippen molar-refractivity contribution in [3.05, 3.63) is 12.2 Å². The van der Waals surface area contributed by atoms with E-state index in [-0.39, 0.29) is 6.42 Å². The molecule has 88 valence electrons. The number of aliphatic carboxylic acids is 1. The summed E-state index contributed by atoms with van der Waals surface area (Å²) in [5.74, 6) is -0.768. The number of allylic oxidation sites excluding steroid dienone is 1.